The molecular weight excluding hydrogens is 637 g/mol. The van der Waals surface area contributed by atoms with Gasteiger partial charge in [-0.2, -0.15) is 0 Å². The van der Waals surface area contributed by atoms with Gasteiger partial charge in [-0.15, -0.1) is 0 Å². The summed E-state index contributed by atoms with van der Waals surface area (Å²) in [5.74, 6) is 0. The van der Waals surface area contributed by atoms with Gasteiger partial charge in [-0.1, -0.05) is 150 Å². The Balaban J connectivity index is 1.32. The molecule has 0 atom stereocenters. The van der Waals surface area contributed by atoms with Crippen molar-refractivity contribution >= 4 is 83.5 Å². The molecule has 0 saturated carbocycles. The number of rotatable bonds is 5. The third kappa shape index (κ3) is 4.77. The van der Waals surface area contributed by atoms with E-state index < -0.39 is 0 Å². The van der Waals surface area contributed by atoms with Crippen LogP contribution in [0.15, 0.2) is 176 Å². The van der Waals surface area contributed by atoms with E-state index in [1.165, 1.54) is 105 Å². The number of aromatic nitrogens is 2. The van der Waals surface area contributed by atoms with Crippen molar-refractivity contribution in [3.05, 3.63) is 176 Å². The van der Waals surface area contributed by atoms with Gasteiger partial charge in [0.05, 0.1) is 22.2 Å². The fourth-order valence-corrected chi connectivity index (χ4v) is 8.89. The number of hydrogen-bond acceptors (Lipinski definition) is 0. The average molecular weight is 672 g/mol. The second-order valence-electron chi connectivity index (χ2n) is 14.2. The molecule has 10 rings (SSSR count). The van der Waals surface area contributed by atoms with E-state index in [-0.39, 0.29) is 0 Å². The van der Waals surface area contributed by atoms with Crippen molar-refractivity contribution in [2.75, 3.05) is 0 Å². The first kappa shape index (κ1) is 31.3. The predicted molar refractivity (Wildman–Crippen MR) is 236 cm³/mol. The van der Waals surface area contributed by atoms with E-state index in [2.05, 4.69) is 209 Å². The molecule has 0 saturated heterocycles. The van der Waals surface area contributed by atoms with Gasteiger partial charge in [-0.3, -0.25) is 0 Å². The Kier molecular flexibility index (Phi) is 7.30. The summed E-state index contributed by atoms with van der Waals surface area (Å²) in [6.07, 6.45) is 0. The summed E-state index contributed by atoms with van der Waals surface area (Å²) < 4.78 is 4.93. The molecule has 0 bridgehead atoms. The Morgan fingerprint density at radius 2 is 0.943 bits per heavy atom. The standard InChI is InChI=1S/C48H35B3N2/c49-45-42(32-27-28-40-37(29-32)36-22-11-13-25-39(36)52(40)33-19-8-3-9-20-33)46(50)47(51)48-44(45)43-35(31-17-6-2-7-18-31)23-14-26-41(43)53(48)38-24-12-10-21-34(38)30-15-4-1-5-16-30/h1-29H,49-51H2. The van der Waals surface area contributed by atoms with Crippen LogP contribution in [-0.4, -0.2) is 32.7 Å². The molecule has 2 nitrogen and oxygen atoms in total. The van der Waals surface area contributed by atoms with Gasteiger partial charge in [-0.05, 0) is 70.3 Å². The van der Waals surface area contributed by atoms with Crippen molar-refractivity contribution < 1.29 is 0 Å². The molecule has 0 amide bonds. The summed E-state index contributed by atoms with van der Waals surface area (Å²) >= 11 is 0. The molecule has 0 spiro atoms. The molecule has 5 heteroatoms. The van der Waals surface area contributed by atoms with Gasteiger partial charge in [0.1, 0.15) is 23.5 Å². The quantitative estimate of drug-likeness (QED) is 0.166. The smallest absolute Gasteiger partial charge is 0.141 e. The van der Waals surface area contributed by atoms with Gasteiger partial charge in [0.2, 0.25) is 0 Å². The molecule has 0 unspecified atom stereocenters. The first-order valence-corrected chi connectivity index (χ1v) is 18.5. The van der Waals surface area contributed by atoms with E-state index in [9.17, 15) is 0 Å². The maximum Gasteiger partial charge on any atom is 0.141 e. The van der Waals surface area contributed by atoms with Crippen molar-refractivity contribution in [3.63, 3.8) is 0 Å². The lowest BCUT2D eigenvalue weighted by molar-refractivity contribution is 1.18. The van der Waals surface area contributed by atoms with Crippen LogP contribution in [-0.2, 0) is 0 Å². The zero-order valence-electron chi connectivity index (χ0n) is 30.1. The zero-order valence-corrected chi connectivity index (χ0v) is 30.1. The summed E-state index contributed by atoms with van der Waals surface area (Å²) in [6, 6.07) is 64.0. The van der Waals surface area contributed by atoms with Crippen LogP contribution in [0.2, 0.25) is 0 Å². The summed E-state index contributed by atoms with van der Waals surface area (Å²) in [4.78, 5) is 0. The van der Waals surface area contributed by atoms with Gasteiger partial charge >= 0.3 is 0 Å². The van der Waals surface area contributed by atoms with Gasteiger partial charge in [0, 0.05) is 38.3 Å². The molecule has 53 heavy (non-hydrogen) atoms. The third-order valence-electron chi connectivity index (χ3n) is 11.3. The van der Waals surface area contributed by atoms with Crippen molar-refractivity contribution in [3.8, 4) is 44.8 Å². The first-order valence-electron chi connectivity index (χ1n) is 18.5. The van der Waals surface area contributed by atoms with Gasteiger partial charge < -0.3 is 9.13 Å². The van der Waals surface area contributed by atoms with Crippen molar-refractivity contribution in [1.29, 1.82) is 0 Å². The van der Waals surface area contributed by atoms with Crippen LogP contribution < -0.4 is 16.4 Å². The minimum atomic E-state index is 1.17. The Morgan fingerprint density at radius 1 is 0.358 bits per heavy atom. The fraction of sp³-hybridized carbons (Fsp3) is 0. The predicted octanol–water partition coefficient (Wildman–Crippen LogP) is 7.66. The normalized spacial score (nSPS) is 11.6. The van der Waals surface area contributed by atoms with Crippen LogP contribution in [0.3, 0.4) is 0 Å². The second kappa shape index (κ2) is 12.4. The maximum atomic E-state index is 2.54. The lowest BCUT2D eigenvalue weighted by Crippen LogP contribution is -2.35. The molecular formula is C48H35B3N2. The molecule has 246 valence electrons. The number of benzene rings is 8. The number of hydrogen-bond donors (Lipinski definition) is 0. The molecule has 2 aromatic heterocycles. The highest BCUT2D eigenvalue weighted by atomic mass is 15.0. The summed E-state index contributed by atoms with van der Waals surface area (Å²) in [5.41, 5.74) is 18.7. The molecule has 8 aromatic carbocycles. The topological polar surface area (TPSA) is 9.86 Å². The molecule has 10 aromatic rings. The number of fused-ring (bicyclic) bond motifs is 6. The van der Waals surface area contributed by atoms with Crippen LogP contribution in [0, 0.1) is 0 Å². The molecule has 0 aliphatic heterocycles. The average Bonchev–Trinajstić information content (AvgIpc) is 3.75. The molecule has 0 aliphatic carbocycles. The van der Waals surface area contributed by atoms with E-state index in [0.29, 0.717) is 0 Å². The zero-order chi connectivity index (χ0) is 35.6. The van der Waals surface area contributed by atoms with Crippen molar-refractivity contribution in [2.24, 2.45) is 0 Å². The van der Waals surface area contributed by atoms with Gasteiger partial charge in [0.15, 0.2) is 0 Å². The van der Waals surface area contributed by atoms with Crippen LogP contribution in [0.1, 0.15) is 0 Å². The molecule has 0 fully saturated rings. The monoisotopic (exact) mass is 672 g/mol. The Morgan fingerprint density at radius 3 is 1.70 bits per heavy atom. The summed E-state index contributed by atoms with van der Waals surface area (Å²) in [6.45, 7) is 0. The van der Waals surface area contributed by atoms with E-state index in [0.717, 1.165) is 0 Å². The number of nitrogens with zero attached hydrogens (tertiary/aromatic N) is 2. The van der Waals surface area contributed by atoms with E-state index in [1.807, 2.05) is 0 Å². The Hall–Kier alpha value is -6.45. The number of para-hydroxylation sites is 3. The lowest BCUT2D eigenvalue weighted by Gasteiger charge is -2.20. The van der Waals surface area contributed by atoms with Crippen molar-refractivity contribution in [2.45, 2.75) is 0 Å². The van der Waals surface area contributed by atoms with Crippen LogP contribution in [0.25, 0.3) is 88.4 Å². The van der Waals surface area contributed by atoms with Gasteiger partial charge in [0.25, 0.3) is 0 Å². The highest BCUT2D eigenvalue weighted by Crippen LogP contribution is 2.41. The first-order chi connectivity index (χ1) is 26.1. The summed E-state index contributed by atoms with van der Waals surface area (Å²) in [5, 5.41) is 5.14. The molecule has 0 aliphatic rings. The largest absolute Gasteiger partial charge is 0.309 e. The van der Waals surface area contributed by atoms with Crippen molar-refractivity contribution in [1.82, 2.24) is 9.13 Å². The minimum absolute atomic E-state index is 1.17. The van der Waals surface area contributed by atoms with Gasteiger partial charge in [-0.25, -0.2) is 0 Å². The Bertz CT molecular complexity index is 3020. The Labute approximate surface area is 312 Å². The van der Waals surface area contributed by atoms with E-state index in [1.54, 1.807) is 0 Å². The second-order valence-corrected chi connectivity index (χ2v) is 14.2. The minimum Gasteiger partial charge on any atom is -0.309 e. The fourth-order valence-electron chi connectivity index (χ4n) is 8.89. The SMILES string of the molecule is Bc1c(-c2ccc3c(c2)c2ccccc2n3-c2ccccc2)c(B)c2c3c(-c4ccccc4)cccc3n(-c3ccccc3-c3ccccc3)c2c1B. The van der Waals surface area contributed by atoms with E-state index in [4.69, 9.17) is 0 Å². The van der Waals surface area contributed by atoms with Crippen LogP contribution in [0.5, 0.6) is 0 Å². The maximum absolute atomic E-state index is 2.54. The molecule has 2 heterocycles. The highest BCUT2D eigenvalue weighted by Gasteiger charge is 2.25. The third-order valence-corrected chi connectivity index (χ3v) is 11.3. The lowest BCUT2D eigenvalue weighted by atomic mass is 9.69. The highest BCUT2D eigenvalue weighted by molar-refractivity contribution is 6.60. The summed E-state index contributed by atoms with van der Waals surface area (Å²) in [7, 11) is 6.98. The molecule has 0 N–H and O–H groups in total. The molecule has 0 radical (unpaired) electrons. The van der Waals surface area contributed by atoms with E-state index >= 15 is 0 Å². The van der Waals surface area contributed by atoms with Crippen LogP contribution >= 0.6 is 0 Å². The van der Waals surface area contributed by atoms with Crippen LogP contribution in [0.4, 0.5) is 0 Å².